The van der Waals surface area contributed by atoms with Crippen molar-refractivity contribution in [2.45, 2.75) is 11.8 Å². The summed E-state index contributed by atoms with van der Waals surface area (Å²) in [4.78, 5) is -0.187. The monoisotopic (exact) mass is 326 g/mol. The number of halogens is 3. The van der Waals surface area contributed by atoms with E-state index in [2.05, 4.69) is 15.9 Å². The summed E-state index contributed by atoms with van der Waals surface area (Å²) in [5.41, 5.74) is 2.69. The molecule has 0 saturated carbocycles. The molecule has 0 heterocycles. The van der Waals surface area contributed by atoms with Crippen LogP contribution in [-0.4, -0.2) is 7.11 Å². The molecule has 0 aromatic heterocycles. The predicted molar refractivity (Wildman–Crippen MR) is 74.9 cm³/mol. The first-order valence-electron chi connectivity index (χ1n) is 5.76. The molecule has 2 aromatic rings. The third-order valence-electron chi connectivity index (χ3n) is 2.99. The second kappa shape index (κ2) is 5.70. The van der Waals surface area contributed by atoms with Crippen LogP contribution in [0.15, 0.2) is 36.4 Å². The van der Waals surface area contributed by atoms with Crippen molar-refractivity contribution in [3.63, 3.8) is 0 Å². The first-order valence-corrected chi connectivity index (χ1v) is 6.68. The summed E-state index contributed by atoms with van der Waals surface area (Å²) < 4.78 is 31.3. The maximum absolute atomic E-state index is 13.3. The number of alkyl halides is 1. The lowest BCUT2D eigenvalue weighted by molar-refractivity contribution is 0.414. The van der Waals surface area contributed by atoms with Crippen molar-refractivity contribution in [1.29, 1.82) is 0 Å². The van der Waals surface area contributed by atoms with Gasteiger partial charge in [-0.3, -0.25) is 0 Å². The summed E-state index contributed by atoms with van der Waals surface area (Å²) in [5.74, 6) is -0.908. The van der Waals surface area contributed by atoms with Crippen molar-refractivity contribution in [3.8, 4) is 5.75 Å². The van der Waals surface area contributed by atoms with Gasteiger partial charge in [-0.2, -0.15) is 0 Å². The summed E-state index contributed by atoms with van der Waals surface area (Å²) in [6, 6.07) is 9.58. The van der Waals surface area contributed by atoms with Crippen LogP contribution in [0.1, 0.15) is 21.5 Å². The van der Waals surface area contributed by atoms with Crippen LogP contribution in [0.5, 0.6) is 5.75 Å². The van der Waals surface area contributed by atoms with Crippen LogP contribution in [-0.2, 0) is 0 Å². The Labute approximate surface area is 119 Å². The van der Waals surface area contributed by atoms with Crippen molar-refractivity contribution < 1.29 is 13.5 Å². The minimum Gasteiger partial charge on any atom is -0.497 e. The molecular formula is C15H13BrF2O. The number of aryl methyl sites for hydroxylation is 1. The van der Waals surface area contributed by atoms with Gasteiger partial charge < -0.3 is 4.74 Å². The smallest absolute Gasteiger partial charge is 0.159 e. The average Bonchev–Trinajstić information content (AvgIpc) is 2.41. The number of hydrogen-bond acceptors (Lipinski definition) is 1. The van der Waals surface area contributed by atoms with Crippen LogP contribution in [0.25, 0.3) is 0 Å². The second-order valence-electron chi connectivity index (χ2n) is 4.26. The van der Waals surface area contributed by atoms with Crippen LogP contribution in [0.3, 0.4) is 0 Å². The third-order valence-corrected chi connectivity index (χ3v) is 4.01. The maximum atomic E-state index is 13.3. The summed E-state index contributed by atoms with van der Waals surface area (Å²) in [6.07, 6.45) is 0. The Morgan fingerprint density at radius 2 is 1.79 bits per heavy atom. The van der Waals surface area contributed by atoms with E-state index in [4.69, 9.17) is 4.74 Å². The fourth-order valence-corrected chi connectivity index (χ4v) is 2.71. The Morgan fingerprint density at radius 3 is 2.37 bits per heavy atom. The molecule has 100 valence electrons. The Morgan fingerprint density at radius 1 is 1.05 bits per heavy atom. The van der Waals surface area contributed by atoms with Gasteiger partial charge in [0.1, 0.15) is 5.75 Å². The standard InChI is InChI=1S/C15H13BrF2O/c1-9-7-11(19-2)4-5-12(9)15(16)10-3-6-13(17)14(18)8-10/h3-8,15H,1-2H3. The average molecular weight is 327 g/mol. The van der Waals surface area contributed by atoms with E-state index < -0.39 is 11.6 Å². The number of rotatable bonds is 3. The van der Waals surface area contributed by atoms with Crippen molar-refractivity contribution in [3.05, 3.63) is 64.7 Å². The van der Waals surface area contributed by atoms with E-state index >= 15 is 0 Å². The molecule has 0 bridgehead atoms. The molecule has 0 radical (unpaired) electrons. The quantitative estimate of drug-likeness (QED) is 0.738. The number of ether oxygens (including phenoxy) is 1. The van der Waals surface area contributed by atoms with E-state index in [1.165, 1.54) is 6.07 Å². The zero-order valence-electron chi connectivity index (χ0n) is 10.6. The van der Waals surface area contributed by atoms with Gasteiger partial charge in [0.25, 0.3) is 0 Å². The highest BCUT2D eigenvalue weighted by atomic mass is 79.9. The van der Waals surface area contributed by atoms with Crippen molar-refractivity contribution in [1.82, 2.24) is 0 Å². The van der Waals surface area contributed by atoms with E-state index in [1.54, 1.807) is 13.2 Å². The molecule has 4 heteroatoms. The molecule has 0 aliphatic rings. The highest BCUT2D eigenvalue weighted by molar-refractivity contribution is 9.09. The molecule has 0 saturated heterocycles. The number of methoxy groups -OCH3 is 1. The van der Waals surface area contributed by atoms with Gasteiger partial charge in [0, 0.05) is 0 Å². The van der Waals surface area contributed by atoms with E-state index in [-0.39, 0.29) is 4.83 Å². The SMILES string of the molecule is COc1ccc(C(Br)c2ccc(F)c(F)c2)c(C)c1. The molecule has 1 atom stereocenters. The Bertz CT molecular complexity index is 599. The maximum Gasteiger partial charge on any atom is 0.159 e. The lowest BCUT2D eigenvalue weighted by Gasteiger charge is -2.15. The molecule has 0 amide bonds. The lowest BCUT2D eigenvalue weighted by Crippen LogP contribution is -1.98. The summed E-state index contributed by atoms with van der Waals surface area (Å²) >= 11 is 3.52. The van der Waals surface area contributed by atoms with Gasteiger partial charge in [0.2, 0.25) is 0 Å². The normalized spacial score (nSPS) is 12.3. The van der Waals surface area contributed by atoms with Gasteiger partial charge in [-0.25, -0.2) is 8.78 Å². The third kappa shape index (κ3) is 2.95. The highest BCUT2D eigenvalue weighted by Crippen LogP contribution is 2.34. The topological polar surface area (TPSA) is 9.23 Å². The molecule has 0 aliphatic heterocycles. The second-order valence-corrected chi connectivity index (χ2v) is 5.17. The zero-order valence-corrected chi connectivity index (χ0v) is 12.2. The van der Waals surface area contributed by atoms with E-state index in [9.17, 15) is 8.78 Å². The van der Waals surface area contributed by atoms with Crippen LogP contribution >= 0.6 is 15.9 Å². The predicted octanol–water partition coefficient (Wildman–Crippen LogP) is 4.77. The number of benzene rings is 2. The number of hydrogen-bond donors (Lipinski definition) is 0. The molecule has 0 spiro atoms. The van der Waals surface area contributed by atoms with Crippen molar-refractivity contribution >= 4 is 15.9 Å². The molecular weight excluding hydrogens is 314 g/mol. The van der Waals surface area contributed by atoms with Gasteiger partial charge in [-0.1, -0.05) is 28.1 Å². The lowest BCUT2D eigenvalue weighted by atomic mass is 10.00. The Kier molecular flexibility index (Phi) is 4.20. The fourth-order valence-electron chi connectivity index (χ4n) is 1.91. The summed E-state index contributed by atoms with van der Waals surface area (Å²) in [5, 5.41) is 0. The Balaban J connectivity index is 2.38. The van der Waals surface area contributed by atoms with Gasteiger partial charge >= 0.3 is 0 Å². The Hall–Kier alpha value is -1.42. The van der Waals surface area contributed by atoms with E-state index in [0.717, 1.165) is 22.9 Å². The molecule has 2 aromatic carbocycles. The van der Waals surface area contributed by atoms with Crippen LogP contribution in [0.4, 0.5) is 8.78 Å². The largest absolute Gasteiger partial charge is 0.497 e. The molecule has 0 fully saturated rings. The fraction of sp³-hybridized carbons (Fsp3) is 0.200. The van der Waals surface area contributed by atoms with E-state index in [1.807, 2.05) is 25.1 Å². The van der Waals surface area contributed by atoms with Crippen LogP contribution in [0.2, 0.25) is 0 Å². The molecule has 1 unspecified atom stereocenters. The molecule has 2 rings (SSSR count). The minimum absolute atomic E-state index is 0.187. The van der Waals surface area contributed by atoms with Gasteiger partial charge in [0.05, 0.1) is 11.9 Å². The molecule has 1 nitrogen and oxygen atoms in total. The van der Waals surface area contributed by atoms with Gasteiger partial charge in [0.15, 0.2) is 11.6 Å². The van der Waals surface area contributed by atoms with Crippen LogP contribution in [0, 0.1) is 18.6 Å². The zero-order chi connectivity index (χ0) is 14.0. The molecule has 19 heavy (non-hydrogen) atoms. The molecule has 0 aliphatic carbocycles. The first-order chi connectivity index (χ1) is 9.02. The minimum atomic E-state index is -0.840. The highest BCUT2D eigenvalue weighted by Gasteiger charge is 2.15. The van der Waals surface area contributed by atoms with Gasteiger partial charge in [-0.05, 0) is 47.9 Å². The van der Waals surface area contributed by atoms with Crippen LogP contribution < -0.4 is 4.74 Å². The van der Waals surface area contributed by atoms with E-state index in [0.29, 0.717) is 5.56 Å². The van der Waals surface area contributed by atoms with Crippen molar-refractivity contribution in [2.24, 2.45) is 0 Å². The summed E-state index contributed by atoms with van der Waals surface area (Å²) in [6.45, 7) is 1.95. The summed E-state index contributed by atoms with van der Waals surface area (Å²) in [7, 11) is 1.61. The van der Waals surface area contributed by atoms with Gasteiger partial charge in [-0.15, -0.1) is 0 Å². The molecule has 0 N–H and O–H groups in total. The first kappa shape index (κ1) is 14.0. The van der Waals surface area contributed by atoms with Crippen molar-refractivity contribution in [2.75, 3.05) is 7.11 Å².